The minimum absolute atomic E-state index is 0.0510. The lowest BCUT2D eigenvalue weighted by molar-refractivity contribution is -0.137. The van der Waals surface area contributed by atoms with Gasteiger partial charge in [-0.3, -0.25) is 0 Å². The fraction of sp³-hybridized carbons (Fsp3) is 0.231. The predicted molar refractivity (Wildman–Crippen MR) is 63.3 cm³/mol. The number of ether oxygens (including phenoxy) is 2. The zero-order valence-electron chi connectivity index (χ0n) is 10.1. The predicted octanol–water partition coefficient (Wildman–Crippen LogP) is 2.76. The van der Waals surface area contributed by atoms with Crippen molar-refractivity contribution in [1.29, 1.82) is 5.26 Å². The summed E-state index contributed by atoms with van der Waals surface area (Å²) in [6, 6.07) is 7.36. The number of hydrogen-bond donors (Lipinski definition) is 0. The molecule has 4 nitrogen and oxygen atoms in total. The number of hydrogen-bond acceptors (Lipinski definition) is 4. The average molecular weight is 267 g/mol. The molecule has 0 fully saturated rings. The molecule has 0 spiro atoms. The first-order valence-corrected chi connectivity index (χ1v) is 5.40. The normalized spacial score (nSPS) is 11.0. The Labute approximate surface area is 108 Å². The van der Waals surface area contributed by atoms with Gasteiger partial charge in [-0.2, -0.15) is 14.0 Å². The van der Waals surface area contributed by atoms with Crippen LogP contribution in [0.5, 0.6) is 5.75 Å². The van der Waals surface area contributed by atoms with Gasteiger partial charge in [-0.05, 0) is 30.7 Å². The maximum absolute atomic E-state index is 12.0. The number of nitrogens with zero attached hydrogens (tertiary/aromatic N) is 1. The minimum atomic E-state index is -2.93. The van der Waals surface area contributed by atoms with Crippen LogP contribution in [0.4, 0.5) is 8.78 Å². The number of rotatable bonds is 5. The van der Waals surface area contributed by atoms with Crippen molar-refractivity contribution in [2.45, 2.75) is 13.5 Å². The van der Waals surface area contributed by atoms with Crippen LogP contribution in [0.1, 0.15) is 12.5 Å². The topological polar surface area (TPSA) is 59.3 Å². The van der Waals surface area contributed by atoms with Crippen LogP contribution in [0.2, 0.25) is 0 Å². The molecule has 0 aliphatic heterocycles. The quantitative estimate of drug-likeness (QED) is 0.467. The zero-order chi connectivity index (χ0) is 14.3. The summed E-state index contributed by atoms with van der Waals surface area (Å²) in [6.07, 6.45) is 1.25. The fourth-order valence-corrected chi connectivity index (χ4v) is 1.29. The lowest BCUT2D eigenvalue weighted by Crippen LogP contribution is -2.06. The summed E-state index contributed by atoms with van der Waals surface area (Å²) in [5, 5.41) is 8.83. The van der Waals surface area contributed by atoms with Gasteiger partial charge in [0.05, 0.1) is 6.61 Å². The largest absolute Gasteiger partial charge is 0.462 e. The van der Waals surface area contributed by atoms with Gasteiger partial charge in [-0.25, -0.2) is 4.79 Å². The molecule has 1 aromatic rings. The summed E-state index contributed by atoms with van der Waals surface area (Å²) < 4.78 is 33.0. The number of nitriles is 1. The van der Waals surface area contributed by atoms with Gasteiger partial charge in [-0.1, -0.05) is 12.1 Å². The number of esters is 1. The third-order valence-corrected chi connectivity index (χ3v) is 2.01. The molecule has 0 radical (unpaired) electrons. The summed E-state index contributed by atoms with van der Waals surface area (Å²) in [6.45, 7) is -1.17. The van der Waals surface area contributed by atoms with E-state index in [9.17, 15) is 13.6 Å². The Hall–Kier alpha value is -2.42. The van der Waals surface area contributed by atoms with Crippen LogP contribution in [0.25, 0.3) is 6.08 Å². The molecule has 100 valence electrons. The Morgan fingerprint density at radius 3 is 2.84 bits per heavy atom. The van der Waals surface area contributed by atoms with Crippen LogP contribution in [0.3, 0.4) is 0 Å². The zero-order valence-corrected chi connectivity index (χ0v) is 10.1. The van der Waals surface area contributed by atoms with Crippen molar-refractivity contribution >= 4 is 12.0 Å². The van der Waals surface area contributed by atoms with Gasteiger partial charge < -0.3 is 9.47 Å². The second-order valence-electron chi connectivity index (χ2n) is 3.34. The highest BCUT2D eigenvalue weighted by molar-refractivity contribution is 5.97. The van der Waals surface area contributed by atoms with Crippen molar-refractivity contribution in [3.63, 3.8) is 0 Å². The van der Waals surface area contributed by atoms with E-state index in [1.807, 2.05) is 0 Å². The molecule has 0 atom stereocenters. The molecule has 0 aromatic heterocycles. The Morgan fingerprint density at radius 1 is 1.53 bits per heavy atom. The monoisotopic (exact) mass is 267 g/mol. The van der Waals surface area contributed by atoms with Crippen LogP contribution >= 0.6 is 0 Å². The summed E-state index contributed by atoms with van der Waals surface area (Å²) in [5.41, 5.74) is 0.179. The van der Waals surface area contributed by atoms with Crippen LogP contribution in [0, 0.1) is 11.3 Å². The second-order valence-corrected chi connectivity index (χ2v) is 3.34. The molecule has 6 heteroatoms. The maximum atomic E-state index is 12.0. The highest BCUT2D eigenvalue weighted by Crippen LogP contribution is 2.18. The summed E-state index contributed by atoms with van der Waals surface area (Å²) in [5.74, 6) is -0.810. The molecule has 0 aliphatic carbocycles. The third-order valence-electron chi connectivity index (χ3n) is 2.01. The van der Waals surface area contributed by atoms with E-state index in [0.717, 1.165) is 0 Å². The standard InChI is InChI=1S/C13H11F2NO3/c1-2-18-12(17)10(8-16)6-9-4-3-5-11(7-9)19-13(14)15/h3-7,13H,2H2,1H3. The minimum Gasteiger partial charge on any atom is -0.462 e. The number of carbonyl (C=O) groups excluding carboxylic acids is 1. The van der Waals surface area contributed by atoms with Crippen LogP contribution in [0.15, 0.2) is 29.8 Å². The molecule has 0 aliphatic rings. The van der Waals surface area contributed by atoms with E-state index in [-0.39, 0.29) is 17.9 Å². The first-order valence-electron chi connectivity index (χ1n) is 5.40. The van der Waals surface area contributed by atoms with Crippen LogP contribution in [-0.2, 0) is 9.53 Å². The lowest BCUT2D eigenvalue weighted by Gasteiger charge is -2.05. The molecule has 0 saturated carbocycles. The van der Waals surface area contributed by atoms with E-state index >= 15 is 0 Å². The number of alkyl halides is 2. The maximum Gasteiger partial charge on any atom is 0.387 e. The molecule has 0 amide bonds. The molecule has 0 unspecified atom stereocenters. The van der Waals surface area contributed by atoms with E-state index < -0.39 is 12.6 Å². The highest BCUT2D eigenvalue weighted by Gasteiger charge is 2.10. The number of benzene rings is 1. The Bertz CT molecular complexity index is 521. The molecule has 19 heavy (non-hydrogen) atoms. The molecule has 1 rings (SSSR count). The van der Waals surface area contributed by atoms with Crippen LogP contribution in [-0.4, -0.2) is 19.2 Å². The molecule has 0 saturated heterocycles. The smallest absolute Gasteiger partial charge is 0.387 e. The van der Waals surface area contributed by atoms with Gasteiger partial charge in [0.2, 0.25) is 0 Å². The number of halogens is 2. The summed E-state index contributed by atoms with van der Waals surface area (Å²) in [4.78, 5) is 11.4. The second kappa shape index (κ2) is 7.11. The van der Waals surface area contributed by atoms with Crippen molar-refractivity contribution in [2.24, 2.45) is 0 Å². The summed E-state index contributed by atoms with van der Waals surface area (Å²) in [7, 11) is 0. The van der Waals surface area contributed by atoms with E-state index in [2.05, 4.69) is 9.47 Å². The Kier molecular flexibility index (Phi) is 5.48. The highest BCUT2D eigenvalue weighted by atomic mass is 19.3. The first-order chi connectivity index (χ1) is 9.06. The van der Waals surface area contributed by atoms with E-state index in [0.29, 0.717) is 5.56 Å². The van der Waals surface area contributed by atoms with Crippen molar-refractivity contribution in [2.75, 3.05) is 6.61 Å². The first kappa shape index (κ1) is 14.6. The van der Waals surface area contributed by atoms with Gasteiger partial charge in [0.15, 0.2) is 0 Å². The summed E-state index contributed by atoms with van der Waals surface area (Å²) >= 11 is 0. The van der Waals surface area contributed by atoms with Gasteiger partial charge >= 0.3 is 12.6 Å². The molecule has 1 aromatic carbocycles. The van der Waals surface area contributed by atoms with Crippen molar-refractivity contribution in [3.05, 3.63) is 35.4 Å². The molecule has 0 N–H and O–H groups in total. The number of carbonyl (C=O) groups is 1. The van der Waals surface area contributed by atoms with Gasteiger partial charge in [-0.15, -0.1) is 0 Å². The van der Waals surface area contributed by atoms with Crippen molar-refractivity contribution in [3.8, 4) is 11.8 Å². The SMILES string of the molecule is CCOC(=O)C(C#N)=Cc1cccc(OC(F)F)c1. The molecule has 0 bridgehead atoms. The molecule has 0 heterocycles. The van der Waals surface area contributed by atoms with Gasteiger partial charge in [0, 0.05) is 0 Å². The molecular weight excluding hydrogens is 256 g/mol. The Balaban J connectivity index is 2.96. The van der Waals surface area contributed by atoms with Crippen LogP contribution < -0.4 is 4.74 Å². The lowest BCUT2D eigenvalue weighted by atomic mass is 10.1. The Morgan fingerprint density at radius 2 is 2.26 bits per heavy atom. The van der Waals surface area contributed by atoms with Crippen molar-refractivity contribution < 1.29 is 23.0 Å². The molecular formula is C13H11F2NO3. The fourth-order valence-electron chi connectivity index (χ4n) is 1.29. The van der Waals surface area contributed by atoms with E-state index in [4.69, 9.17) is 5.26 Å². The third kappa shape index (κ3) is 4.76. The van der Waals surface area contributed by atoms with E-state index in [1.165, 1.54) is 24.3 Å². The van der Waals surface area contributed by atoms with E-state index in [1.54, 1.807) is 19.1 Å². The van der Waals surface area contributed by atoms with Crippen molar-refractivity contribution in [1.82, 2.24) is 0 Å². The van der Waals surface area contributed by atoms with Gasteiger partial charge in [0.1, 0.15) is 17.4 Å². The average Bonchev–Trinajstić information content (AvgIpc) is 2.35. The van der Waals surface area contributed by atoms with Gasteiger partial charge in [0.25, 0.3) is 0 Å².